The van der Waals surface area contributed by atoms with Crippen LogP contribution in [0.4, 0.5) is 0 Å². The summed E-state index contributed by atoms with van der Waals surface area (Å²) in [6.07, 6.45) is 1.17. The van der Waals surface area contributed by atoms with Crippen molar-refractivity contribution in [2.45, 2.75) is 11.4 Å². The lowest BCUT2D eigenvalue weighted by Gasteiger charge is -2.12. The first-order valence-electron chi connectivity index (χ1n) is 6.31. The zero-order chi connectivity index (χ0) is 15.5. The van der Waals surface area contributed by atoms with Crippen molar-refractivity contribution in [3.05, 3.63) is 53.1 Å². The molecule has 0 aliphatic carbocycles. The fraction of sp³-hybridized carbons (Fsp3) is 0.200. The van der Waals surface area contributed by atoms with Gasteiger partial charge in [0.15, 0.2) is 9.84 Å². The Morgan fingerprint density at radius 2 is 1.81 bits per heavy atom. The second-order valence-corrected chi connectivity index (χ2v) is 7.08. The van der Waals surface area contributed by atoms with Crippen LogP contribution < -0.4 is 10.1 Å². The SMILES string of the molecule is CNCc1ccc(Cl)cc1Oc1ccc(S(C)(=O)=O)cc1. The molecule has 0 fully saturated rings. The van der Waals surface area contributed by atoms with E-state index in [4.69, 9.17) is 16.3 Å². The van der Waals surface area contributed by atoms with Gasteiger partial charge in [0.2, 0.25) is 0 Å². The number of rotatable bonds is 5. The van der Waals surface area contributed by atoms with E-state index in [0.29, 0.717) is 23.1 Å². The second kappa shape index (κ2) is 6.47. The molecule has 0 aliphatic heterocycles. The van der Waals surface area contributed by atoms with E-state index in [-0.39, 0.29) is 4.90 Å². The van der Waals surface area contributed by atoms with Crippen LogP contribution in [0.1, 0.15) is 5.56 Å². The third-order valence-electron chi connectivity index (χ3n) is 2.88. The Kier molecular flexibility index (Phi) is 4.88. The first kappa shape index (κ1) is 15.8. The molecule has 2 aromatic rings. The Morgan fingerprint density at radius 3 is 2.38 bits per heavy atom. The third kappa shape index (κ3) is 4.20. The minimum Gasteiger partial charge on any atom is -0.457 e. The molecule has 0 saturated carbocycles. The standard InChI is InChI=1S/C15H16ClNO3S/c1-17-10-11-3-4-12(16)9-15(11)20-13-5-7-14(8-6-13)21(2,18)19/h3-9,17H,10H2,1-2H3. The predicted molar refractivity (Wildman–Crippen MR) is 83.8 cm³/mol. The maximum atomic E-state index is 11.4. The molecule has 4 nitrogen and oxygen atoms in total. The fourth-order valence-electron chi connectivity index (χ4n) is 1.84. The van der Waals surface area contributed by atoms with Crippen LogP contribution in [0.2, 0.25) is 5.02 Å². The van der Waals surface area contributed by atoms with E-state index in [1.54, 1.807) is 24.3 Å². The summed E-state index contributed by atoms with van der Waals surface area (Å²) in [6, 6.07) is 11.7. The van der Waals surface area contributed by atoms with Crippen molar-refractivity contribution in [2.24, 2.45) is 0 Å². The molecule has 112 valence electrons. The van der Waals surface area contributed by atoms with Gasteiger partial charge in [-0.25, -0.2) is 8.42 Å². The average Bonchev–Trinajstić information content (AvgIpc) is 2.42. The van der Waals surface area contributed by atoms with Crippen LogP contribution in [0.15, 0.2) is 47.4 Å². The van der Waals surface area contributed by atoms with Crippen LogP contribution in [-0.4, -0.2) is 21.7 Å². The monoisotopic (exact) mass is 325 g/mol. The lowest BCUT2D eigenvalue weighted by Crippen LogP contribution is -2.06. The highest BCUT2D eigenvalue weighted by atomic mass is 35.5. The maximum Gasteiger partial charge on any atom is 0.175 e. The number of halogens is 1. The first-order valence-corrected chi connectivity index (χ1v) is 8.58. The Balaban J connectivity index is 2.27. The Labute approximate surface area is 129 Å². The van der Waals surface area contributed by atoms with E-state index >= 15 is 0 Å². The van der Waals surface area contributed by atoms with Gasteiger partial charge in [0.1, 0.15) is 11.5 Å². The summed E-state index contributed by atoms with van der Waals surface area (Å²) in [7, 11) is -1.36. The molecule has 1 N–H and O–H groups in total. The van der Waals surface area contributed by atoms with Crippen LogP contribution >= 0.6 is 11.6 Å². The van der Waals surface area contributed by atoms with Crippen molar-refractivity contribution in [2.75, 3.05) is 13.3 Å². The second-order valence-electron chi connectivity index (χ2n) is 4.63. The van der Waals surface area contributed by atoms with Crippen LogP contribution in [0.25, 0.3) is 0 Å². The van der Waals surface area contributed by atoms with E-state index in [0.717, 1.165) is 5.56 Å². The number of ether oxygens (including phenoxy) is 1. The van der Waals surface area contributed by atoms with Gasteiger partial charge in [0.05, 0.1) is 4.90 Å². The largest absolute Gasteiger partial charge is 0.457 e. The van der Waals surface area contributed by atoms with E-state index in [1.165, 1.54) is 18.4 Å². The van der Waals surface area contributed by atoms with Gasteiger partial charge >= 0.3 is 0 Å². The van der Waals surface area contributed by atoms with Gasteiger partial charge in [-0.05, 0) is 43.4 Å². The molecule has 0 heterocycles. The molecule has 21 heavy (non-hydrogen) atoms. The predicted octanol–water partition coefficient (Wildman–Crippen LogP) is 3.26. The summed E-state index contributed by atoms with van der Waals surface area (Å²) in [5.41, 5.74) is 0.967. The van der Waals surface area contributed by atoms with Crippen molar-refractivity contribution < 1.29 is 13.2 Å². The molecule has 2 aromatic carbocycles. The number of nitrogens with one attached hydrogen (secondary N) is 1. The normalized spacial score (nSPS) is 11.4. The van der Waals surface area contributed by atoms with Gasteiger partial charge in [-0.15, -0.1) is 0 Å². The van der Waals surface area contributed by atoms with Gasteiger partial charge in [0, 0.05) is 23.4 Å². The maximum absolute atomic E-state index is 11.4. The molecule has 0 unspecified atom stereocenters. The van der Waals surface area contributed by atoms with Gasteiger partial charge < -0.3 is 10.1 Å². The quantitative estimate of drug-likeness (QED) is 0.916. The van der Waals surface area contributed by atoms with Crippen molar-refractivity contribution >= 4 is 21.4 Å². The summed E-state index contributed by atoms with van der Waals surface area (Å²) >= 11 is 5.99. The molecule has 2 rings (SSSR count). The Bertz CT molecular complexity index is 727. The average molecular weight is 326 g/mol. The summed E-state index contributed by atoms with van der Waals surface area (Å²) in [5, 5.41) is 3.64. The first-order chi connectivity index (χ1) is 9.90. The molecular weight excluding hydrogens is 310 g/mol. The smallest absolute Gasteiger partial charge is 0.175 e. The van der Waals surface area contributed by atoms with Crippen LogP contribution in [0.3, 0.4) is 0 Å². The molecule has 0 amide bonds. The topological polar surface area (TPSA) is 55.4 Å². The lowest BCUT2D eigenvalue weighted by molar-refractivity contribution is 0.474. The summed E-state index contributed by atoms with van der Waals surface area (Å²) in [4.78, 5) is 0.261. The van der Waals surface area contributed by atoms with Crippen molar-refractivity contribution in [3.8, 4) is 11.5 Å². The highest BCUT2D eigenvalue weighted by molar-refractivity contribution is 7.90. The Morgan fingerprint density at radius 1 is 1.14 bits per heavy atom. The summed E-state index contributed by atoms with van der Waals surface area (Å²) in [5.74, 6) is 1.20. The minimum absolute atomic E-state index is 0.261. The highest BCUT2D eigenvalue weighted by Gasteiger charge is 2.09. The van der Waals surface area contributed by atoms with Gasteiger partial charge in [0.25, 0.3) is 0 Å². The Hall–Kier alpha value is -1.56. The summed E-state index contributed by atoms with van der Waals surface area (Å²) < 4.78 is 28.6. The van der Waals surface area contributed by atoms with E-state index in [1.807, 2.05) is 13.1 Å². The molecule has 0 saturated heterocycles. The van der Waals surface area contributed by atoms with Gasteiger partial charge in [-0.1, -0.05) is 17.7 Å². The van der Waals surface area contributed by atoms with Crippen LogP contribution in [-0.2, 0) is 16.4 Å². The van der Waals surface area contributed by atoms with Crippen molar-refractivity contribution in [1.29, 1.82) is 0 Å². The zero-order valence-corrected chi connectivity index (χ0v) is 13.3. The van der Waals surface area contributed by atoms with Crippen LogP contribution in [0.5, 0.6) is 11.5 Å². The van der Waals surface area contributed by atoms with E-state index < -0.39 is 9.84 Å². The number of hydrogen-bond acceptors (Lipinski definition) is 4. The van der Waals surface area contributed by atoms with E-state index in [2.05, 4.69) is 5.32 Å². The summed E-state index contributed by atoms with van der Waals surface area (Å²) in [6.45, 7) is 0.647. The lowest BCUT2D eigenvalue weighted by atomic mass is 10.2. The number of sulfone groups is 1. The molecular formula is C15H16ClNO3S. The van der Waals surface area contributed by atoms with E-state index in [9.17, 15) is 8.42 Å². The van der Waals surface area contributed by atoms with Crippen LogP contribution in [0, 0.1) is 0 Å². The minimum atomic E-state index is -3.20. The fourth-order valence-corrected chi connectivity index (χ4v) is 2.63. The molecule has 0 bridgehead atoms. The van der Waals surface area contributed by atoms with Crippen molar-refractivity contribution in [3.63, 3.8) is 0 Å². The van der Waals surface area contributed by atoms with Crippen molar-refractivity contribution in [1.82, 2.24) is 5.32 Å². The molecule has 0 spiro atoms. The molecule has 0 aromatic heterocycles. The number of benzene rings is 2. The molecule has 0 atom stereocenters. The zero-order valence-electron chi connectivity index (χ0n) is 11.8. The van der Waals surface area contributed by atoms with Gasteiger partial charge in [-0.3, -0.25) is 0 Å². The third-order valence-corrected chi connectivity index (χ3v) is 4.24. The molecule has 0 aliphatic rings. The number of hydrogen-bond donors (Lipinski definition) is 1. The molecule has 0 radical (unpaired) electrons. The highest BCUT2D eigenvalue weighted by Crippen LogP contribution is 2.29. The van der Waals surface area contributed by atoms with Gasteiger partial charge in [-0.2, -0.15) is 0 Å². The molecule has 6 heteroatoms.